The van der Waals surface area contributed by atoms with Crippen molar-refractivity contribution in [2.24, 2.45) is 0 Å². The molecule has 0 radical (unpaired) electrons. The van der Waals surface area contributed by atoms with Gasteiger partial charge in [-0.05, 0) is 43.2 Å². The predicted molar refractivity (Wildman–Crippen MR) is 138 cm³/mol. The van der Waals surface area contributed by atoms with Crippen LogP contribution in [0.15, 0.2) is 48.7 Å². The third kappa shape index (κ3) is 9.36. The zero-order valence-electron chi connectivity index (χ0n) is 21.6. The number of ether oxygens (including phenoxy) is 1. The van der Waals surface area contributed by atoms with E-state index in [0.29, 0.717) is 17.5 Å². The van der Waals surface area contributed by atoms with E-state index in [9.17, 15) is 26.3 Å². The Morgan fingerprint density at radius 2 is 1.66 bits per heavy atom. The number of H-pyrrole nitrogens is 1. The van der Waals surface area contributed by atoms with Gasteiger partial charge in [0.15, 0.2) is 0 Å². The lowest BCUT2D eigenvalue weighted by Crippen LogP contribution is -2.58. The number of carboxylic acid groups (broad SMARTS) is 2. The summed E-state index contributed by atoms with van der Waals surface area (Å²) < 4.78 is 70.0. The van der Waals surface area contributed by atoms with Gasteiger partial charge in [-0.25, -0.2) is 9.59 Å². The van der Waals surface area contributed by atoms with Crippen LogP contribution in [-0.2, 0) is 27.5 Å². The number of hydrogen-bond donors (Lipinski definition) is 3. The van der Waals surface area contributed by atoms with Crippen LogP contribution in [0.5, 0.6) is 0 Å². The lowest BCUT2D eigenvalue weighted by atomic mass is 9.92. The maximum Gasteiger partial charge on any atom is 0.490 e. The Morgan fingerprint density at radius 3 is 2.24 bits per heavy atom. The number of aryl methyl sites for hydroxylation is 1. The van der Waals surface area contributed by atoms with Crippen molar-refractivity contribution < 1.29 is 50.9 Å². The van der Waals surface area contributed by atoms with Crippen LogP contribution in [0.1, 0.15) is 23.4 Å². The zero-order chi connectivity index (χ0) is 30.4. The van der Waals surface area contributed by atoms with Crippen molar-refractivity contribution in [3.05, 3.63) is 65.6 Å². The third-order valence-electron chi connectivity index (χ3n) is 6.18. The first-order valence-electron chi connectivity index (χ1n) is 12.1. The average Bonchev–Trinajstić information content (AvgIpc) is 3.50. The summed E-state index contributed by atoms with van der Waals surface area (Å²) in [5.41, 5.74) is 4.75. The van der Waals surface area contributed by atoms with E-state index in [-0.39, 0.29) is 0 Å². The number of thioether (sulfide) groups is 1. The minimum absolute atomic E-state index is 0.354. The van der Waals surface area contributed by atoms with Crippen LogP contribution in [0.3, 0.4) is 0 Å². The van der Waals surface area contributed by atoms with Gasteiger partial charge in [-0.15, -0.1) is 11.8 Å². The van der Waals surface area contributed by atoms with E-state index >= 15 is 0 Å². The summed E-state index contributed by atoms with van der Waals surface area (Å²) >= 11 is 2.10. The van der Waals surface area contributed by atoms with Gasteiger partial charge in [0, 0.05) is 52.9 Å². The molecule has 2 aliphatic heterocycles. The van der Waals surface area contributed by atoms with Crippen LogP contribution < -0.4 is 0 Å². The van der Waals surface area contributed by atoms with Crippen molar-refractivity contribution in [1.29, 1.82) is 0 Å². The molecular formula is C26H27F6N3O5S. The fraction of sp³-hybridized carbons (Fsp3) is 0.423. The fourth-order valence-electron chi connectivity index (χ4n) is 4.42. The lowest BCUT2D eigenvalue weighted by Gasteiger charge is -2.47. The van der Waals surface area contributed by atoms with Gasteiger partial charge >= 0.3 is 24.3 Å². The molecule has 0 bridgehead atoms. The highest BCUT2D eigenvalue weighted by Gasteiger charge is 2.49. The molecule has 15 heteroatoms. The van der Waals surface area contributed by atoms with Crippen LogP contribution in [0.25, 0.3) is 10.9 Å². The third-order valence-corrected chi connectivity index (χ3v) is 7.75. The molecule has 41 heavy (non-hydrogen) atoms. The number of fused-ring (bicyclic) bond motifs is 1. The molecule has 2 aliphatic rings. The summed E-state index contributed by atoms with van der Waals surface area (Å²) in [5.74, 6) is -4.41. The summed E-state index contributed by atoms with van der Waals surface area (Å²) in [4.78, 5) is 28.2. The normalized spacial score (nSPS) is 18.2. The number of nitrogens with one attached hydrogen (secondary N) is 1. The molecule has 8 nitrogen and oxygen atoms in total. The van der Waals surface area contributed by atoms with Crippen LogP contribution in [-0.4, -0.2) is 79.1 Å². The number of nitrogens with zero attached hydrogens (tertiary/aromatic N) is 2. The number of rotatable bonds is 5. The summed E-state index contributed by atoms with van der Waals surface area (Å²) in [6.45, 7) is 6.03. The van der Waals surface area contributed by atoms with E-state index in [1.165, 1.54) is 29.6 Å². The SMILES string of the molecule is Cc1cccc(COC2CSC3(C2)CN(Cc2cccc4[nH]ccc24)C3)n1.O=C(O)C(F)(F)F.O=C(O)C(F)(F)F. The average molecular weight is 608 g/mol. The van der Waals surface area contributed by atoms with Gasteiger partial charge in [0.25, 0.3) is 0 Å². The molecule has 2 saturated heterocycles. The smallest absolute Gasteiger partial charge is 0.475 e. The molecule has 1 atom stereocenters. The summed E-state index contributed by atoms with van der Waals surface area (Å²) in [6, 6.07) is 14.9. The highest BCUT2D eigenvalue weighted by atomic mass is 32.2. The van der Waals surface area contributed by atoms with Gasteiger partial charge < -0.3 is 19.9 Å². The molecule has 1 aromatic carbocycles. The molecule has 0 aliphatic carbocycles. The number of pyridine rings is 1. The first-order valence-corrected chi connectivity index (χ1v) is 13.1. The maximum atomic E-state index is 10.6. The van der Waals surface area contributed by atoms with Gasteiger partial charge in [0.2, 0.25) is 0 Å². The minimum atomic E-state index is -5.08. The second-order valence-corrected chi connectivity index (χ2v) is 11.0. The first kappa shape index (κ1) is 32.2. The Bertz CT molecular complexity index is 1320. The van der Waals surface area contributed by atoms with Gasteiger partial charge in [0.1, 0.15) is 0 Å². The number of aliphatic carboxylic acids is 2. The van der Waals surface area contributed by atoms with Crippen molar-refractivity contribution in [2.75, 3.05) is 18.8 Å². The molecule has 2 fully saturated rings. The van der Waals surface area contributed by atoms with E-state index in [2.05, 4.69) is 63.0 Å². The summed E-state index contributed by atoms with van der Waals surface area (Å²) in [5, 5.41) is 15.6. The predicted octanol–water partition coefficient (Wildman–Crippen LogP) is 5.41. The van der Waals surface area contributed by atoms with Gasteiger partial charge in [-0.1, -0.05) is 18.2 Å². The molecule has 5 rings (SSSR count). The Labute approximate surface area is 234 Å². The van der Waals surface area contributed by atoms with Crippen LogP contribution in [0, 0.1) is 6.92 Å². The van der Waals surface area contributed by atoms with E-state index in [4.69, 9.17) is 24.5 Å². The number of benzene rings is 1. The number of carbonyl (C=O) groups is 2. The molecule has 3 aromatic rings. The number of aromatic amines is 1. The van der Waals surface area contributed by atoms with Crippen molar-refractivity contribution in [3.63, 3.8) is 0 Å². The van der Waals surface area contributed by atoms with Crippen molar-refractivity contribution in [1.82, 2.24) is 14.9 Å². The Morgan fingerprint density at radius 1 is 1.05 bits per heavy atom. The standard InChI is InChI=1S/C22H25N3OS.2C2HF3O2/c1-16-4-2-6-18(24-16)12-26-19-10-22(27-13-19)14-25(15-22)11-17-5-3-7-21-20(17)8-9-23-21;2*3-2(4,5)1(6)7/h2-9,19,23H,10-15H2,1H3;2*(H,6,7). The molecule has 1 spiro atoms. The maximum absolute atomic E-state index is 10.6. The highest BCUT2D eigenvalue weighted by Crippen LogP contribution is 2.46. The van der Waals surface area contributed by atoms with Crippen LogP contribution in [0.4, 0.5) is 26.3 Å². The summed E-state index contributed by atoms with van der Waals surface area (Å²) in [6.07, 6.45) is -6.62. The lowest BCUT2D eigenvalue weighted by molar-refractivity contribution is -0.193. The monoisotopic (exact) mass is 607 g/mol. The number of carboxylic acids is 2. The second kappa shape index (κ2) is 13.1. The van der Waals surface area contributed by atoms with E-state index in [1.54, 1.807) is 0 Å². The number of alkyl halides is 6. The molecule has 224 valence electrons. The fourth-order valence-corrected chi connectivity index (χ4v) is 6.03. The van der Waals surface area contributed by atoms with E-state index in [1.807, 2.05) is 19.2 Å². The number of likely N-dealkylation sites (tertiary alicyclic amines) is 1. The second-order valence-electron chi connectivity index (χ2n) is 9.51. The Balaban J connectivity index is 0.000000276. The molecule has 0 amide bonds. The summed E-state index contributed by atoms with van der Waals surface area (Å²) in [7, 11) is 0. The first-order chi connectivity index (χ1) is 19.1. The quantitative estimate of drug-likeness (QED) is 0.330. The van der Waals surface area contributed by atoms with E-state index in [0.717, 1.165) is 30.1 Å². The molecule has 4 heterocycles. The van der Waals surface area contributed by atoms with Crippen molar-refractivity contribution in [2.45, 2.75) is 49.7 Å². The van der Waals surface area contributed by atoms with Crippen LogP contribution in [0.2, 0.25) is 0 Å². The highest BCUT2D eigenvalue weighted by molar-refractivity contribution is 8.01. The van der Waals surface area contributed by atoms with Gasteiger partial charge in [-0.2, -0.15) is 26.3 Å². The van der Waals surface area contributed by atoms with Crippen molar-refractivity contribution in [3.8, 4) is 0 Å². The molecule has 3 N–H and O–H groups in total. The number of hydrogen-bond acceptors (Lipinski definition) is 6. The largest absolute Gasteiger partial charge is 0.490 e. The number of aromatic nitrogens is 2. The molecule has 2 aromatic heterocycles. The molecule has 1 unspecified atom stereocenters. The van der Waals surface area contributed by atoms with Gasteiger partial charge in [-0.3, -0.25) is 9.88 Å². The van der Waals surface area contributed by atoms with Crippen molar-refractivity contribution >= 4 is 34.6 Å². The van der Waals surface area contributed by atoms with Gasteiger partial charge in [0.05, 0.1) is 18.4 Å². The Kier molecular flexibility index (Phi) is 10.3. The van der Waals surface area contributed by atoms with E-state index < -0.39 is 24.3 Å². The minimum Gasteiger partial charge on any atom is -0.475 e. The topological polar surface area (TPSA) is 116 Å². The number of halogens is 6. The zero-order valence-corrected chi connectivity index (χ0v) is 22.4. The molecular weight excluding hydrogens is 580 g/mol. The van der Waals surface area contributed by atoms with Crippen LogP contribution >= 0.6 is 11.8 Å². The Hall–Kier alpha value is -3.30. The molecule has 0 saturated carbocycles.